The fourth-order valence-electron chi connectivity index (χ4n) is 2.20. The summed E-state index contributed by atoms with van der Waals surface area (Å²) in [6, 6.07) is 8.60. The van der Waals surface area contributed by atoms with Crippen LogP contribution in [0.3, 0.4) is 0 Å². The molecule has 25 heavy (non-hydrogen) atoms. The zero-order chi connectivity index (χ0) is 17.8. The van der Waals surface area contributed by atoms with E-state index in [0.717, 1.165) is 16.8 Å². The van der Waals surface area contributed by atoms with Gasteiger partial charge >= 0.3 is 0 Å². The van der Waals surface area contributed by atoms with Crippen molar-refractivity contribution in [3.8, 4) is 11.3 Å². The van der Waals surface area contributed by atoms with Gasteiger partial charge in [0.25, 0.3) is 0 Å². The largest absolute Gasteiger partial charge is 0.358 e. The van der Waals surface area contributed by atoms with Gasteiger partial charge in [-0.15, -0.1) is 0 Å². The van der Waals surface area contributed by atoms with E-state index in [0.29, 0.717) is 17.3 Å². The van der Waals surface area contributed by atoms with Crippen molar-refractivity contribution >= 4 is 57.6 Å². The van der Waals surface area contributed by atoms with Gasteiger partial charge in [-0.3, -0.25) is 4.98 Å². The third-order valence-electron chi connectivity index (χ3n) is 3.41. The van der Waals surface area contributed by atoms with Crippen molar-refractivity contribution in [1.29, 1.82) is 0 Å². The van der Waals surface area contributed by atoms with E-state index >= 15 is 0 Å². The molecule has 0 bridgehead atoms. The maximum absolute atomic E-state index is 13.3. The smallest absolute Gasteiger partial charge is 0.171 e. The predicted octanol–water partition coefficient (Wildman–Crippen LogP) is 5.74. The Bertz CT molecular complexity index is 901. The first-order chi connectivity index (χ1) is 12.1. The molecule has 0 amide bonds. The molecule has 0 unspecified atom stereocenters. The standard InChI is InChI=1S/C17H12Cl2FN3S2/c18-14-12(20)3-4-13(15(14)19)23-17(24)22-8-10-2-1-6-21-16(10)11-5-7-25-9-11/h1-7,9H,8H2,(H2,22,23,24). The van der Waals surface area contributed by atoms with Crippen LogP contribution in [-0.4, -0.2) is 10.1 Å². The lowest BCUT2D eigenvalue weighted by Crippen LogP contribution is -2.28. The van der Waals surface area contributed by atoms with Gasteiger partial charge in [0, 0.05) is 23.7 Å². The molecular formula is C17H12Cl2FN3S2. The second kappa shape index (κ2) is 8.10. The Morgan fingerprint density at radius 2 is 2.04 bits per heavy atom. The fraction of sp³-hybridized carbons (Fsp3) is 0.0588. The first-order valence-corrected chi connectivity index (χ1v) is 9.32. The Morgan fingerprint density at radius 3 is 2.80 bits per heavy atom. The Labute approximate surface area is 163 Å². The number of halogens is 3. The maximum Gasteiger partial charge on any atom is 0.171 e. The van der Waals surface area contributed by atoms with Gasteiger partial charge in [0.1, 0.15) is 5.82 Å². The summed E-state index contributed by atoms with van der Waals surface area (Å²) in [6.07, 6.45) is 1.76. The Hall–Kier alpha value is -1.73. The van der Waals surface area contributed by atoms with Crippen molar-refractivity contribution in [2.24, 2.45) is 0 Å². The summed E-state index contributed by atoms with van der Waals surface area (Å²) in [5.74, 6) is -0.577. The fourth-order valence-corrected chi connectivity index (χ4v) is 3.39. The van der Waals surface area contributed by atoms with E-state index in [1.807, 2.05) is 29.0 Å². The summed E-state index contributed by atoms with van der Waals surface area (Å²) in [5.41, 5.74) is 3.42. The number of pyridine rings is 1. The van der Waals surface area contributed by atoms with E-state index in [9.17, 15) is 4.39 Å². The van der Waals surface area contributed by atoms with Crippen LogP contribution in [0.5, 0.6) is 0 Å². The highest BCUT2D eigenvalue weighted by atomic mass is 35.5. The lowest BCUT2D eigenvalue weighted by molar-refractivity contribution is 0.628. The predicted molar refractivity (Wildman–Crippen MR) is 107 cm³/mol. The molecule has 3 aromatic rings. The number of benzene rings is 1. The third kappa shape index (κ3) is 4.27. The van der Waals surface area contributed by atoms with Gasteiger partial charge in [-0.05, 0) is 47.4 Å². The van der Waals surface area contributed by atoms with Crippen molar-refractivity contribution < 1.29 is 4.39 Å². The topological polar surface area (TPSA) is 37.0 Å². The van der Waals surface area contributed by atoms with E-state index in [1.54, 1.807) is 17.5 Å². The van der Waals surface area contributed by atoms with Crippen LogP contribution in [0.2, 0.25) is 10.0 Å². The van der Waals surface area contributed by atoms with E-state index < -0.39 is 5.82 Å². The molecule has 8 heteroatoms. The third-order valence-corrected chi connectivity index (χ3v) is 5.20. The number of thiocarbonyl (C=S) groups is 1. The van der Waals surface area contributed by atoms with Crippen LogP contribution in [0.15, 0.2) is 47.3 Å². The Balaban J connectivity index is 1.69. The normalized spacial score (nSPS) is 10.5. The second-order valence-electron chi connectivity index (χ2n) is 5.05. The molecule has 0 fully saturated rings. The molecule has 0 saturated heterocycles. The molecule has 0 aliphatic rings. The van der Waals surface area contributed by atoms with E-state index in [-0.39, 0.29) is 10.0 Å². The van der Waals surface area contributed by atoms with Crippen LogP contribution < -0.4 is 10.6 Å². The zero-order valence-corrected chi connectivity index (χ0v) is 15.9. The SMILES string of the molecule is Fc1ccc(NC(=S)NCc2cccnc2-c2ccsc2)c(Cl)c1Cl. The van der Waals surface area contributed by atoms with Crippen molar-refractivity contribution in [3.05, 3.63) is 68.7 Å². The molecule has 0 spiro atoms. The molecule has 0 aliphatic heterocycles. The average molecular weight is 412 g/mol. The number of rotatable bonds is 4. The van der Waals surface area contributed by atoms with Crippen LogP contribution in [0.4, 0.5) is 10.1 Å². The summed E-state index contributed by atoms with van der Waals surface area (Å²) >= 11 is 18.7. The first-order valence-electron chi connectivity index (χ1n) is 7.21. The zero-order valence-electron chi connectivity index (χ0n) is 12.7. The van der Waals surface area contributed by atoms with Crippen molar-refractivity contribution in [2.45, 2.75) is 6.54 Å². The molecule has 0 aliphatic carbocycles. The van der Waals surface area contributed by atoms with Gasteiger partial charge in [-0.1, -0.05) is 29.3 Å². The van der Waals surface area contributed by atoms with E-state index in [1.165, 1.54) is 12.1 Å². The minimum Gasteiger partial charge on any atom is -0.358 e. The van der Waals surface area contributed by atoms with Gasteiger partial charge in [-0.25, -0.2) is 4.39 Å². The molecule has 2 heterocycles. The van der Waals surface area contributed by atoms with Gasteiger partial charge < -0.3 is 10.6 Å². The Morgan fingerprint density at radius 1 is 1.20 bits per heavy atom. The van der Waals surface area contributed by atoms with E-state index in [4.69, 9.17) is 35.4 Å². The number of hydrogen-bond acceptors (Lipinski definition) is 3. The number of nitrogens with zero attached hydrogens (tertiary/aromatic N) is 1. The second-order valence-corrected chi connectivity index (χ2v) is 7.00. The highest BCUT2D eigenvalue weighted by Gasteiger charge is 2.11. The van der Waals surface area contributed by atoms with Gasteiger partial charge in [0.15, 0.2) is 5.11 Å². The average Bonchev–Trinajstić information content (AvgIpc) is 3.15. The summed E-state index contributed by atoms with van der Waals surface area (Å²) in [5, 5.41) is 10.4. The van der Waals surface area contributed by atoms with Crippen LogP contribution >= 0.6 is 46.8 Å². The monoisotopic (exact) mass is 411 g/mol. The lowest BCUT2D eigenvalue weighted by Gasteiger charge is -2.14. The number of aromatic nitrogens is 1. The minimum absolute atomic E-state index is 0.0890. The van der Waals surface area contributed by atoms with Crippen molar-refractivity contribution in [1.82, 2.24) is 10.3 Å². The first kappa shape index (κ1) is 18.1. The van der Waals surface area contributed by atoms with Gasteiger partial charge in [0.2, 0.25) is 0 Å². The van der Waals surface area contributed by atoms with E-state index in [2.05, 4.69) is 15.6 Å². The highest BCUT2D eigenvalue weighted by molar-refractivity contribution is 7.80. The maximum atomic E-state index is 13.3. The minimum atomic E-state index is -0.577. The van der Waals surface area contributed by atoms with Crippen LogP contribution in [0.1, 0.15) is 5.56 Å². The van der Waals surface area contributed by atoms with Crippen molar-refractivity contribution in [3.63, 3.8) is 0 Å². The molecule has 128 valence electrons. The van der Waals surface area contributed by atoms with Gasteiger partial charge in [-0.2, -0.15) is 11.3 Å². The molecule has 3 rings (SSSR count). The summed E-state index contributed by atoms with van der Waals surface area (Å²) in [6.45, 7) is 0.484. The molecule has 1 aromatic carbocycles. The molecule has 0 atom stereocenters. The summed E-state index contributed by atoms with van der Waals surface area (Å²) in [7, 11) is 0. The van der Waals surface area contributed by atoms with Crippen LogP contribution in [0.25, 0.3) is 11.3 Å². The van der Waals surface area contributed by atoms with Crippen LogP contribution in [0, 0.1) is 5.82 Å². The number of nitrogens with one attached hydrogen (secondary N) is 2. The number of hydrogen-bond donors (Lipinski definition) is 2. The Kier molecular flexibility index (Phi) is 5.86. The molecule has 2 N–H and O–H groups in total. The molecule has 2 aromatic heterocycles. The summed E-state index contributed by atoms with van der Waals surface area (Å²) in [4.78, 5) is 4.44. The number of thiophene rings is 1. The van der Waals surface area contributed by atoms with Crippen molar-refractivity contribution in [2.75, 3.05) is 5.32 Å². The molecular weight excluding hydrogens is 400 g/mol. The van der Waals surface area contributed by atoms with Crippen LogP contribution in [-0.2, 0) is 6.54 Å². The number of anilines is 1. The molecule has 3 nitrogen and oxygen atoms in total. The quantitative estimate of drug-likeness (QED) is 0.423. The lowest BCUT2D eigenvalue weighted by atomic mass is 10.1. The van der Waals surface area contributed by atoms with Gasteiger partial charge in [0.05, 0.1) is 21.4 Å². The summed E-state index contributed by atoms with van der Waals surface area (Å²) < 4.78 is 13.3. The molecule has 0 saturated carbocycles. The highest BCUT2D eigenvalue weighted by Crippen LogP contribution is 2.32. The molecule has 0 radical (unpaired) electrons.